The van der Waals surface area contributed by atoms with Crippen LogP contribution in [0.15, 0.2) is 23.4 Å². The molecule has 1 heterocycles. The molecule has 1 amide bonds. The molecule has 2 N–H and O–H groups in total. The molecule has 0 aliphatic heterocycles. The van der Waals surface area contributed by atoms with Gasteiger partial charge in [0.1, 0.15) is 0 Å². The lowest BCUT2D eigenvalue weighted by atomic mass is 10.2. The van der Waals surface area contributed by atoms with Gasteiger partial charge in [-0.05, 0) is 25.1 Å². The maximum absolute atomic E-state index is 11.7. The maximum Gasteiger partial charge on any atom is 0.224 e. The van der Waals surface area contributed by atoms with Crippen LogP contribution < -0.4 is 10.6 Å². The van der Waals surface area contributed by atoms with E-state index in [9.17, 15) is 13.2 Å². The molecule has 0 atom stereocenters. The molecule has 1 rings (SSSR count). The molecule has 0 radical (unpaired) electrons. The molecule has 1 aromatic rings. The summed E-state index contributed by atoms with van der Waals surface area (Å²) in [7, 11) is -3.31. The van der Waals surface area contributed by atoms with Crippen LogP contribution >= 0.6 is 0 Å². The Balaban J connectivity index is 2.43. The van der Waals surface area contributed by atoms with Crippen molar-refractivity contribution in [3.63, 3.8) is 0 Å². The van der Waals surface area contributed by atoms with Gasteiger partial charge in [-0.2, -0.15) is 0 Å². The van der Waals surface area contributed by atoms with E-state index in [2.05, 4.69) is 29.5 Å². The number of pyridine rings is 1. The van der Waals surface area contributed by atoms with E-state index < -0.39 is 9.84 Å². The van der Waals surface area contributed by atoms with Crippen LogP contribution in [0.1, 0.15) is 26.7 Å². The van der Waals surface area contributed by atoms with E-state index in [0.717, 1.165) is 19.2 Å². The molecule has 7 heteroatoms. The molecule has 0 unspecified atom stereocenters. The number of anilines is 1. The fraction of sp³-hybridized carbons (Fsp3) is 0.538. The van der Waals surface area contributed by atoms with Crippen molar-refractivity contribution < 1.29 is 13.2 Å². The van der Waals surface area contributed by atoms with Crippen LogP contribution in [-0.4, -0.2) is 38.2 Å². The number of nitrogens with zero attached hydrogens (tertiary/aromatic N) is 1. The summed E-state index contributed by atoms with van der Waals surface area (Å²) in [5.41, 5.74) is 0.499. The van der Waals surface area contributed by atoms with Crippen molar-refractivity contribution in [2.45, 2.75) is 37.8 Å². The summed E-state index contributed by atoms with van der Waals surface area (Å²) in [5, 5.41) is 5.91. The molecule has 0 aliphatic rings. The molecule has 0 bridgehead atoms. The number of carbonyl (C=O) groups excluding carboxylic acids is 1. The van der Waals surface area contributed by atoms with Crippen molar-refractivity contribution >= 4 is 21.4 Å². The lowest BCUT2D eigenvalue weighted by Crippen LogP contribution is -2.24. The summed E-state index contributed by atoms with van der Waals surface area (Å²) in [6.07, 6.45) is 3.60. The molecule has 0 aromatic carbocycles. The number of rotatable bonds is 7. The summed E-state index contributed by atoms with van der Waals surface area (Å²) in [5.74, 6) is -0.107. The van der Waals surface area contributed by atoms with Gasteiger partial charge in [-0.25, -0.2) is 13.4 Å². The van der Waals surface area contributed by atoms with E-state index in [4.69, 9.17) is 0 Å². The monoisotopic (exact) mass is 299 g/mol. The van der Waals surface area contributed by atoms with Crippen molar-refractivity contribution in [2.75, 3.05) is 18.1 Å². The van der Waals surface area contributed by atoms with Gasteiger partial charge >= 0.3 is 0 Å². The Labute approximate surface area is 119 Å². The highest BCUT2D eigenvalue weighted by Crippen LogP contribution is 2.10. The Morgan fingerprint density at radius 1 is 1.35 bits per heavy atom. The second-order valence-corrected chi connectivity index (χ2v) is 6.88. The summed E-state index contributed by atoms with van der Waals surface area (Å²) < 4.78 is 22.5. The molecule has 1 aromatic heterocycles. The van der Waals surface area contributed by atoms with E-state index >= 15 is 0 Å². The normalized spacial score (nSPS) is 11.6. The molecule has 0 fully saturated rings. The van der Waals surface area contributed by atoms with Crippen molar-refractivity contribution in [1.82, 2.24) is 10.3 Å². The van der Waals surface area contributed by atoms with Crippen LogP contribution in [0.2, 0.25) is 0 Å². The van der Waals surface area contributed by atoms with Crippen LogP contribution in [0, 0.1) is 0 Å². The zero-order valence-electron chi connectivity index (χ0n) is 12.0. The highest BCUT2D eigenvalue weighted by Gasteiger charge is 2.09. The Hall–Kier alpha value is -1.47. The summed E-state index contributed by atoms with van der Waals surface area (Å²) in [4.78, 5) is 15.5. The van der Waals surface area contributed by atoms with Gasteiger partial charge in [-0.1, -0.05) is 13.8 Å². The van der Waals surface area contributed by atoms with Crippen molar-refractivity contribution in [3.8, 4) is 0 Å². The van der Waals surface area contributed by atoms with Gasteiger partial charge in [0.15, 0.2) is 14.9 Å². The highest BCUT2D eigenvalue weighted by atomic mass is 32.2. The van der Waals surface area contributed by atoms with Gasteiger partial charge in [0, 0.05) is 18.7 Å². The number of sulfone groups is 1. The fourth-order valence-electron chi connectivity index (χ4n) is 1.54. The van der Waals surface area contributed by atoms with Gasteiger partial charge in [0.2, 0.25) is 5.91 Å². The highest BCUT2D eigenvalue weighted by molar-refractivity contribution is 7.90. The predicted molar refractivity (Wildman–Crippen MR) is 78.3 cm³/mol. The fourth-order valence-corrected chi connectivity index (χ4v) is 2.10. The number of hydrogen-bond donors (Lipinski definition) is 2. The van der Waals surface area contributed by atoms with Gasteiger partial charge in [-0.15, -0.1) is 0 Å². The van der Waals surface area contributed by atoms with E-state index in [-0.39, 0.29) is 10.9 Å². The Kier molecular flexibility index (Phi) is 6.09. The number of hydrogen-bond acceptors (Lipinski definition) is 5. The third-order valence-electron chi connectivity index (χ3n) is 2.53. The summed E-state index contributed by atoms with van der Waals surface area (Å²) in [6, 6.07) is 3.32. The summed E-state index contributed by atoms with van der Waals surface area (Å²) >= 11 is 0. The van der Waals surface area contributed by atoms with Crippen molar-refractivity contribution in [2.24, 2.45) is 0 Å². The molecule has 0 spiro atoms. The average molecular weight is 299 g/mol. The van der Waals surface area contributed by atoms with Crippen LogP contribution in [0.3, 0.4) is 0 Å². The minimum atomic E-state index is -3.31. The first-order valence-electron chi connectivity index (χ1n) is 6.48. The molecule has 6 nitrogen and oxygen atoms in total. The number of nitrogens with one attached hydrogen (secondary N) is 2. The van der Waals surface area contributed by atoms with E-state index in [1.165, 1.54) is 18.3 Å². The molecule has 20 heavy (non-hydrogen) atoms. The van der Waals surface area contributed by atoms with Gasteiger partial charge < -0.3 is 10.6 Å². The van der Waals surface area contributed by atoms with Crippen LogP contribution in [0.4, 0.5) is 5.69 Å². The Morgan fingerprint density at radius 3 is 2.55 bits per heavy atom. The Morgan fingerprint density at radius 2 is 2.05 bits per heavy atom. The molecule has 112 valence electrons. The molecular formula is C13H21N3O3S. The lowest BCUT2D eigenvalue weighted by Gasteiger charge is -2.08. The number of amides is 1. The minimum absolute atomic E-state index is 0.00312. The molecular weight excluding hydrogens is 278 g/mol. The smallest absolute Gasteiger partial charge is 0.224 e. The zero-order chi connectivity index (χ0) is 15.2. The summed E-state index contributed by atoms with van der Waals surface area (Å²) in [6.45, 7) is 4.89. The SMILES string of the molecule is CC(C)NCCCC(=O)Nc1ccc(S(C)(=O)=O)nc1. The van der Waals surface area contributed by atoms with Crippen LogP contribution in [0.5, 0.6) is 0 Å². The van der Waals surface area contributed by atoms with E-state index in [1.807, 2.05) is 0 Å². The number of carbonyl (C=O) groups is 1. The molecule has 0 aliphatic carbocycles. The first kappa shape index (κ1) is 16.6. The van der Waals surface area contributed by atoms with Gasteiger partial charge in [0.05, 0.1) is 11.9 Å². The third-order valence-corrected chi connectivity index (χ3v) is 3.53. The van der Waals surface area contributed by atoms with Crippen molar-refractivity contribution in [1.29, 1.82) is 0 Å². The largest absolute Gasteiger partial charge is 0.325 e. The first-order valence-corrected chi connectivity index (χ1v) is 8.37. The van der Waals surface area contributed by atoms with Crippen LogP contribution in [0.25, 0.3) is 0 Å². The maximum atomic E-state index is 11.7. The molecule has 0 saturated heterocycles. The lowest BCUT2D eigenvalue weighted by molar-refractivity contribution is -0.116. The Bertz CT molecular complexity index is 538. The average Bonchev–Trinajstić information content (AvgIpc) is 2.34. The predicted octanol–water partition coefficient (Wildman–Crippen LogP) is 1.20. The second-order valence-electron chi connectivity index (χ2n) is 4.92. The standard InChI is InChI=1S/C13H21N3O3S/c1-10(2)14-8-4-5-12(17)16-11-6-7-13(15-9-11)20(3,18)19/h6-7,9-10,14H,4-5,8H2,1-3H3,(H,16,17). The first-order chi connectivity index (χ1) is 9.29. The van der Waals surface area contributed by atoms with Crippen molar-refractivity contribution in [3.05, 3.63) is 18.3 Å². The number of aromatic nitrogens is 1. The molecule has 0 saturated carbocycles. The zero-order valence-corrected chi connectivity index (χ0v) is 12.8. The second kappa shape index (κ2) is 7.35. The minimum Gasteiger partial charge on any atom is -0.325 e. The van der Waals surface area contributed by atoms with Gasteiger partial charge in [0.25, 0.3) is 0 Å². The van der Waals surface area contributed by atoms with E-state index in [0.29, 0.717) is 18.2 Å². The van der Waals surface area contributed by atoms with E-state index in [1.54, 1.807) is 0 Å². The topological polar surface area (TPSA) is 88.2 Å². The third kappa shape index (κ3) is 6.12. The van der Waals surface area contributed by atoms with Gasteiger partial charge in [-0.3, -0.25) is 4.79 Å². The quantitative estimate of drug-likeness (QED) is 0.739. The van der Waals surface area contributed by atoms with Crippen LogP contribution in [-0.2, 0) is 14.6 Å².